The number of hydrogen-bond acceptors (Lipinski definition) is 8. The zero-order chi connectivity index (χ0) is 18.2. The molecule has 1 aromatic rings. The zero-order valence-electron chi connectivity index (χ0n) is 13.8. The second-order valence-corrected chi connectivity index (χ2v) is 6.68. The normalized spacial score (nSPS) is 19.4. The van der Waals surface area contributed by atoms with E-state index in [1.165, 1.54) is 12.1 Å². The molecule has 2 aliphatic rings. The first-order chi connectivity index (χ1) is 11.8. The van der Waals surface area contributed by atoms with E-state index in [0.29, 0.717) is 19.0 Å². The molecule has 1 N–H and O–H groups in total. The summed E-state index contributed by atoms with van der Waals surface area (Å²) in [5.74, 6) is 0.0671. The number of benzene rings is 1. The van der Waals surface area contributed by atoms with Gasteiger partial charge < -0.3 is 14.6 Å². The molecule has 3 rings (SSSR count). The number of fused-ring (bicyclic) bond motifs is 1. The van der Waals surface area contributed by atoms with Crippen molar-refractivity contribution in [1.82, 2.24) is 0 Å². The highest BCUT2D eigenvalue weighted by Gasteiger charge is 2.33. The number of aliphatic hydroxyl groups excluding tert-OH is 1. The van der Waals surface area contributed by atoms with Gasteiger partial charge in [-0.3, -0.25) is 14.9 Å². The number of nitro benzene ring substituents is 1. The molecule has 1 aliphatic carbocycles. The monoisotopic (exact) mass is 347 g/mol. The maximum Gasteiger partial charge on any atom is 0.300 e. The smallest absolute Gasteiger partial charge is 0.300 e. The zero-order valence-corrected chi connectivity index (χ0v) is 13.8. The molecule has 0 unspecified atom stereocenters. The number of hydrogen-bond donors (Lipinski definition) is 1. The van der Waals surface area contributed by atoms with Crippen LogP contribution in [-0.2, 0) is 4.79 Å². The summed E-state index contributed by atoms with van der Waals surface area (Å²) in [5, 5.41) is 28.9. The Morgan fingerprint density at radius 3 is 2.40 bits per heavy atom. The van der Waals surface area contributed by atoms with Crippen molar-refractivity contribution >= 4 is 17.2 Å². The van der Waals surface area contributed by atoms with Crippen LogP contribution in [0.4, 0.5) is 11.4 Å². The minimum absolute atomic E-state index is 0.0767. The lowest BCUT2D eigenvalue weighted by atomic mass is 9.78. The number of nitro groups is 1. The summed E-state index contributed by atoms with van der Waals surface area (Å²) in [4.78, 5) is 22.8. The molecular formula is C16H17N3O6. The summed E-state index contributed by atoms with van der Waals surface area (Å²) in [7, 11) is 0. The molecule has 0 saturated carbocycles. The van der Waals surface area contributed by atoms with E-state index in [1.54, 1.807) is 0 Å². The number of nitrogens with zero attached hydrogens (tertiary/aromatic N) is 3. The summed E-state index contributed by atoms with van der Waals surface area (Å²) in [5.41, 5.74) is -0.921. The van der Waals surface area contributed by atoms with E-state index < -0.39 is 4.92 Å². The lowest BCUT2D eigenvalue weighted by Crippen LogP contribution is -2.25. The van der Waals surface area contributed by atoms with Crippen molar-refractivity contribution in [3.8, 4) is 11.5 Å². The number of rotatable bonds is 3. The highest BCUT2D eigenvalue weighted by Crippen LogP contribution is 2.42. The maximum atomic E-state index is 12.1. The van der Waals surface area contributed by atoms with Crippen molar-refractivity contribution < 1.29 is 24.3 Å². The van der Waals surface area contributed by atoms with Crippen molar-refractivity contribution in [2.75, 3.05) is 13.2 Å². The third kappa shape index (κ3) is 3.44. The highest BCUT2D eigenvalue weighted by atomic mass is 16.6. The van der Waals surface area contributed by atoms with Crippen LogP contribution in [0.15, 0.2) is 33.8 Å². The SMILES string of the molecule is CC1(C)CC(=O)C(N=Nc2cc3c(cc2[N+](=O)[O-])OCCO3)=C(O)C1. The van der Waals surface area contributed by atoms with Gasteiger partial charge in [0.15, 0.2) is 28.7 Å². The summed E-state index contributed by atoms with van der Waals surface area (Å²) in [6, 6.07) is 2.55. The van der Waals surface area contributed by atoms with E-state index in [9.17, 15) is 20.0 Å². The van der Waals surface area contributed by atoms with Gasteiger partial charge in [0.05, 0.1) is 11.0 Å². The van der Waals surface area contributed by atoms with Gasteiger partial charge in [0.2, 0.25) is 0 Å². The minimum atomic E-state index is -0.618. The van der Waals surface area contributed by atoms with E-state index >= 15 is 0 Å². The van der Waals surface area contributed by atoms with Crippen LogP contribution in [0, 0.1) is 15.5 Å². The molecule has 0 aromatic heterocycles. The molecule has 9 nitrogen and oxygen atoms in total. The molecule has 0 spiro atoms. The van der Waals surface area contributed by atoms with Crippen LogP contribution < -0.4 is 9.47 Å². The number of allylic oxidation sites excluding steroid dienone is 2. The Labute approximate surface area is 143 Å². The molecule has 0 radical (unpaired) electrons. The van der Waals surface area contributed by atoms with Gasteiger partial charge in [-0.05, 0) is 5.41 Å². The van der Waals surface area contributed by atoms with Gasteiger partial charge in [0.1, 0.15) is 19.0 Å². The topological polar surface area (TPSA) is 124 Å². The van der Waals surface area contributed by atoms with Crippen LogP contribution in [0.5, 0.6) is 11.5 Å². The lowest BCUT2D eigenvalue weighted by Gasteiger charge is -2.27. The van der Waals surface area contributed by atoms with E-state index in [1.807, 2.05) is 13.8 Å². The highest BCUT2D eigenvalue weighted by molar-refractivity contribution is 5.96. The number of aliphatic hydroxyl groups is 1. The fraction of sp³-hybridized carbons (Fsp3) is 0.438. The summed E-state index contributed by atoms with van der Waals surface area (Å²) in [6.45, 7) is 4.35. The first-order valence-electron chi connectivity index (χ1n) is 7.72. The molecule has 9 heteroatoms. The first kappa shape index (κ1) is 16.9. The van der Waals surface area contributed by atoms with E-state index in [0.717, 1.165) is 0 Å². The average molecular weight is 347 g/mol. The predicted molar refractivity (Wildman–Crippen MR) is 86.3 cm³/mol. The van der Waals surface area contributed by atoms with Crippen LogP contribution in [0.3, 0.4) is 0 Å². The second kappa shape index (κ2) is 6.15. The van der Waals surface area contributed by atoms with Crippen LogP contribution in [0.2, 0.25) is 0 Å². The van der Waals surface area contributed by atoms with Crippen molar-refractivity contribution in [2.24, 2.45) is 15.6 Å². The number of ketones is 1. The van der Waals surface area contributed by atoms with Crippen LogP contribution in [-0.4, -0.2) is 29.0 Å². The van der Waals surface area contributed by atoms with Gasteiger partial charge in [-0.25, -0.2) is 0 Å². The fourth-order valence-electron chi connectivity index (χ4n) is 2.79. The molecule has 132 valence electrons. The molecule has 1 aliphatic heterocycles. The molecule has 0 atom stereocenters. The second-order valence-electron chi connectivity index (χ2n) is 6.68. The summed E-state index contributed by atoms with van der Waals surface area (Å²) >= 11 is 0. The molecular weight excluding hydrogens is 330 g/mol. The average Bonchev–Trinajstić information content (AvgIpc) is 2.52. The van der Waals surface area contributed by atoms with Crippen molar-refractivity contribution in [1.29, 1.82) is 0 Å². The summed E-state index contributed by atoms with van der Waals surface area (Å²) in [6.07, 6.45) is 0.505. The van der Waals surface area contributed by atoms with Gasteiger partial charge in [-0.1, -0.05) is 13.8 Å². The standard InChI is InChI=1S/C16H17N3O6/c1-16(2)7-11(20)15(12(21)8-16)18-17-9-5-13-14(25-4-3-24-13)6-10(9)19(22)23/h5-6,20H,3-4,7-8H2,1-2H3. The Morgan fingerprint density at radius 1 is 1.16 bits per heavy atom. The lowest BCUT2D eigenvalue weighted by molar-refractivity contribution is -0.384. The Kier molecular flexibility index (Phi) is 4.15. The van der Waals surface area contributed by atoms with Crippen molar-refractivity contribution in [2.45, 2.75) is 26.7 Å². The van der Waals surface area contributed by atoms with E-state index in [4.69, 9.17) is 9.47 Å². The molecule has 1 aromatic carbocycles. The quantitative estimate of drug-likeness (QED) is 0.506. The van der Waals surface area contributed by atoms with Gasteiger partial charge in [-0.2, -0.15) is 0 Å². The molecule has 25 heavy (non-hydrogen) atoms. The van der Waals surface area contributed by atoms with Gasteiger partial charge in [0, 0.05) is 18.9 Å². The minimum Gasteiger partial charge on any atom is -0.510 e. The van der Waals surface area contributed by atoms with Gasteiger partial charge >= 0.3 is 5.69 Å². The third-order valence-corrected chi connectivity index (χ3v) is 3.92. The van der Waals surface area contributed by atoms with Crippen molar-refractivity contribution in [3.05, 3.63) is 33.7 Å². The van der Waals surface area contributed by atoms with E-state index in [-0.39, 0.29) is 52.6 Å². The van der Waals surface area contributed by atoms with Crippen LogP contribution in [0.25, 0.3) is 0 Å². The Balaban J connectivity index is 1.98. The number of azo groups is 1. The molecule has 0 saturated heterocycles. The predicted octanol–water partition coefficient (Wildman–Crippen LogP) is 3.61. The van der Waals surface area contributed by atoms with Gasteiger partial charge in [-0.15, -0.1) is 10.2 Å². The Hall–Kier alpha value is -2.97. The Bertz CT molecular complexity index is 812. The van der Waals surface area contributed by atoms with Gasteiger partial charge in [0.25, 0.3) is 0 Å². The number of carbonyl (C=O) groups is 1. The first-order valence-corrected chi connectivity index (χ1v) is 7.72. The maximum absolute atomic E-state index is 12.1. The number of Topliss-reactive ketones (excluding diaryl/α,β-unsaturated/α-hetero) is 1. The van der Waals surface area contributed by atoms with Crippen LogP contribution in [0.1, 0.15) is 26.7 Å². The largest absolute Gasteiger partial charge is 0.510 e. The van der Waals surface area contributed by atoms with E-state index in [2.05, 4.69) is 10.2 Å². The molecule has 0 amide bonds. The molecule has 1 heterocycles. The molecule has 0 fully saturated rings. The summed E-state index contributed by atoms with van der Waals surface area (Å²) < 4.78 is 10.7. The molecule has 0 bridgehead atoms. The van der Waals surface area contributed by atoms with Crippen molar-refractivity contribution in [3.63, 3.8) is 0 Å². The van der Waals surface area contributed by atoms with Crippen LogP contribution >= 0.6 is 0 Å². The number of ether oxygens (including phenoxy) is 2. The third-order valence-electron chi connectivity index (χ3n) is 3.92. The Morgan fingerprint density at radius 2 is 1.80 bits per heavy atom. The fourth-order valence-corrected chi connectivity index (χ4v) is 2.79. The number of carbonyl (C=O) groups excluding carboxylic acids is 1.